The van der Waals surface area contributed by atoms with Crippen LogP contribution in [0.4, 0.5) is 0 Å². The van der Waals surface area contributed by atoms with Gasteiger partial charge in [-0.2, -0.15) is 11.8 Å². The molecule has 0 aromatic rings. The summed E-state index contributed by atoms with van der Waals surface area (Å²) in [5.41, 5.74) is 1.38. The number of unbranched alkanes of at least 4 members (excludes halogenated alkanes) is 2. The molecule has 0 aromatic carbocycles. The summed E-state index contributed by atoms with van der Waals surface area (Å²) in [6.45, 7) is 4.50. The van der Waals surface area contributed by atoms with E-state index in [0.717, 1.165) is 7.78 Å². The number of thioether (sulfide) groups is 1. The molecular weight excluding hydrogens is 191 g/mol. The molecule has 1 unspecified atom stereocenters. The van der Waals surface area contributed by atoms with Crippen molar-refractivity contribution < 1.29 is 0 Å². The van der Waals surface area contributed by atoms with Gasteiger partial charge in [-0.05, 0) is 17.9 Å². The second kappa shape index (κ2) is 11.1. The van der Waals surface area contributed by atoms with Gasteiger partial charge in [-0.25, -0.2) is 0 Å². The SMILES string of the molecule is CCCCCSCPSCC. The normalized spacial score (nSPS) is 11.5. The first-order valence-corrected chi connectivity index (χ1v) is 8.41. The van der Waals surface area contributed by atoms with Gasteiger partial charge in [0.15, 0.2) is 0 Å². The molecule has 0 aliphatic heterocycles. The summed E-state index contributed by atoms with van der Waals surface area (Å²) >= 11 is 4.20. The summed E-state index contributed by atoms with van der Waals surface area (Å²) in [5.74, 6) is 2.67. The molecule has 0 bridgehead atoms. The van der Waals surface area contributed by atoms with Crippen LogP contribution in [0.3, 0.4) is 0 Å². The van der Waals surface area contributed by atoms with E-state index in [2.05, 4.69) is 37.0 Å². The standard InChI is InChI=1S/C8H19PS2/c1-3-5-6-7-10-8-9-11-4-2/h9H,3-8H2,1-2H3. The molecular formula is C8H19PS2. The van der Waals surface area contributed by atoms with Crippen LogP contribution in [0.25, 0.3) is 0 Å². The molecule has 11 heavy (non-hydrogen) atoms. The van der Waals surface area contributed by atoms with Gasteiger partial charge in [-0.3, -0.25) is 0 Å². The smallest absolute Gasteiger partial charge is 0.0201 e. The third-order valence-corrected chi connectivity index (χ3v) is 6.20. The fourth-order valence-electron chi connectivity index (χ4n) is 0.712. The summed E-state index contributed by atoms with van der Waals surface area (Å²) < 4.78 is 0. The van der Waals surface area contributed by atoms with Gasteiger partial charge in [0.25, 0.3) is 0 Å². The van der Waals surface area contributed by atoms with Crippen LogP contribution in [0, 0.1) is 0 Å². The fraction of sp³-hybridized carbons (Fsp3) is 1.00. The third-order valence-electron chi connectivity index (χ3n) is 1.30. The Labute approximate surface area is 81.2 Å². The van der Waals surface area contributed by atoms with E-state index in [9.17, 15) is 0 Å². The highest BCUT2D eigenvalue weighted by molar-refractivity contribution is 8.51. The summed E-state index contributed by atoms with van der Waals surface area (Å²) in [6, 6.07) is 0. The van der Waals surface area contributed by atoms with Crippen molar-refractivity contribution in [1.29, 1.82) is 0 Å². The highest BCUT2D eigenvalue weighted by Crippen LogP contribution is 2.32. The Morgan fingerprint density at radius 1 is 1.18 bits per heavy atom. The van der Waals surface area contributed by atoms with Crippen LogP contribution in [0.15, 0.2) is 0 Å². The van der Waals surface area contributed by atoms with Gasteiger partial charge in [0.05, 0.1) is 0 Å². The van der Waals surface area contributed by atoms with E-state index in [0.29, 0.717) is 0 Å². The molecule has 0 heterocycles. The first kappa shape index (κ1) is 12.1. The minimum absolute atomic E-state index is 1.12. The van der Waals surface area contributed by atoms with Crippen molar-refractivity contribution in [2.75, 3.05) is 17.0 Å². The molecule has 0 amide bonds. The maximum absolute atomic E-state index is 2.26. The average molecular weight is 210 g/mol. The van der Waals surface area contributed by atoms with E-state index in [1.165, 1.54) is 36.3 Å². The molecule has 0 aromatic heterocycles. The Morgan fingerprint density at radius 3 is 2.64 bits per heavy atom. The monoisotopic (exact) mass is 210 g/mol. The summed E-state index contributed by atoms with van der Waals surface area (Å²) in [7, 11) is 1.12. The van der Waals surface area contributed by atoms with Gasteiger partial charge in [0, 0.05) is 5.49 Å². The molecule has 0 N–H and O–H groups in total. The van der Waals surface area contributed by atoms with E-state index >= 15 is 0 Å². The van der Waals surface area contributed by atoms with Crippen molar-refractivity contribution in [3.05, 3.63) is 0 Å². The predicted molar refractivity (Wildman–Crippen MR) is 63.3 cm³/mol. The summed E-state index contributed by atoms with van der Waals surface area (Å²) in [5, 5.41) is 0. The maximum Gasteiger partial charge on any atom is 0.0201 e. The highest BCUT2D eigenvalue weighted by Gasteiger charge is 1.88. The van der Waals surface area contributed by atoms with Crippen molar-refractivity contribution in [1.82, 2.24) is 0 Å². The molecule has 1 atom stereocenters. The van der Waals surface area contributed by atoms with Gasteiger partial charge in [-0.15, -0.1) is 11.4 Å². The second-order valence-corrected chi connectivity index (χ2v) is 7.19. The van der Waals surface area contributed by atoms with Crippen LogP contribution >= 0.6 is 30.9 Å². The van der Waals surface area contributed by atoms with Crippen LogP contribution in [0.2, 0.25) is 0 Å². The van der Waals surface area contributed by atoms with Crippen molar-refractivity contribution in [2.45, 2.75) is 33.1 Å². The fourth-order valence-corrected chi connectivity index (χ4v) is 4.68. The maximum atomic E-state index is 2.26. The zero-order chi connectivity index (χ0) is 8.36. The van der Waals surface area contributed by atoms with Crippen LogP contribution in [-0.4, -0.2) is 17.0 Å². The largest absolute Gasteiger partial charge is 0.157 e. The highest BCUT2D eigenvalue weighted by atomic mass is 32.7. The molecule has 68 valence electrons. The topological polar surface area (TPSA) is 0 Å². The second-order valence-electron chi connectivity index (χ2n) is 2.34. The van der Waals surface area contributed by atoms with Crippen LogP contribution in [0.5, 0.6) is 0 Å². The zero-order valence-corrected chi connectivity index (χ0v) is 10.2. The van der Waals surface area contributed by atoms with Gasteiger partial charge in [0.2, 0.25) is 0 Å². The molecule has 0 rings (SSSR count). The lowest BCUT2D eigenvalue weighted by Gasteiger charge is -1.99. The zero-order valence-electron chi connectivity index (χ0n) is 7.56. The summed E-state index contributed by atoms with van der Waals surface area (Å²) in [6.07, 6.45) is 4.19. The van der Waals surface area contributed by atoms with Gasteiger partial charge in [0.1, 0.15) is 0 Å². The van der Waals surface area contributed by atoms with E-state index in [4.69, 9.17) is 0 Å². The lowest BCUT2D eigenvalue weighted by atomic mass is 10.3. The lowest BCUT2D eigenvalue weighted by Crippen LogP contribution is -1.78. The Morgan fingerprint density at radius 2 is 2.00 bits per heavy atom. The van der Waals surface area contributed by atoms with Gasteiger partial charge in [-0.1, -0.05) is 34.5 Å². The third kappa shape index (κ3) is 11.1. The van der Waals surface area contributed by atoms with Crippen LogP contribution in [0.1, 0.15) is 33.1 Å². The molecule has 3 heteroatoms. The molecule has 0 aliphatic carbocycles. The Kier molecular flexibility index (Phi) is 12.3. The molecule has 0 radical (unpaired) electrons. The van der Waals surface area contributed by atoms with Crippen molar-refractivity contribution >= 4 is 30.9 Å². The van der Waals surface area contributed by atoms with Crippen molar-refractivity contribution in [3.8, 4) is 0 Å². The first-order chi connectivity index (χ1) is 5.41. The van der Waals surface area contributed by atoms with Crippen LogP contribution < -0.4 is 0 Å². The summed E-state index contributed by atoms with van der Waals surface area (Å²) in [4.78, 5) is 0. The molecule has 0 fully saturated rings. The number of hydrogen-bond donors (Lipinski definition) is 0. The lowest BCUT2D eigenvalue weighted by molar-refractivity contribution is 0.779. The first-order valence-electron chi connectivity index (χ1n) is 4.34. The molecule has 0 saturated heterocycles. The minimum atomic E-state index is 1.12. The number of hydrogen-bond acceptors (Lipinski definition) is 2. The van der Waals surface area contributed by atoms with E-state index in [-0.39, 0.29) is 0 Å². The van der Waals surface area contributed by atoms with Crippen molar-refractivity contribution in [3.63, 3.8) is 0 Å². The van der Waals surface area contributed by atoms with Gasteiger partial charge < -0.3 is 0 Å². The molecule has 0 aliphatic rings. The van der Waals surface area contributed by atoms with E-state index in [1.807, 2.05) is 0 Å². The Balaban J connectivity index is 2.69. The predicted octanol–water partition coefficient (Wildman–Crippen LogP) is 4.21. The quantitative estimate of drug-likeness (QED) is 0.435. The molecule has 0 spiro atoms. The molecule has 0 nitrogen and oxygen atoms in total. The van der Waals surface area contributed by atoms with Crippen molar-refractivity contribution in [2.24, 2.45) is 0 Å². The molecule has 0 saturated carbocycles. The minimum Gasteiger partial charge on any atom is -0.157 e. The Hall–Kier alpha value is 1.13. The van der Waals surface area contributed by atoms with E-state index in [1.54, 1.807) is 0 Å². The number of rotatable bonds is 8. The van der Waals surface area contributed by atoms with Crippen LogP contribution in [-0.2, 0) is 0 Å². The van der Waals surface area contributed by atoms with Gasteiger partial charge >= 0.3 is 0 Å². The van der Waals surface area contributed by atoms with E-state index < -0.39 is 0 Å². The Bertz CT molecular complexity index is 61.1. The average Bonchev–Trinajstić information content (AvgIpc) is 2.03.